The number of thiocarbonyl (C=S) groups is 1. The van der Waals surface area contributed by atoms with Crippen LogP contribution in [-0.4, -0.2) is 17.1 Å². The number of nitrogens with zero attached hydrogens (tertiary/aromatic N) is 1. The fourth-order valence-electron chi connectivity index (χ4n) is 2.68. The van der Waals surface area contributed by atoms with Gasteiger partial charge in [-0.05, 0) is 42.9 Å². The highest BCUT2D eigenvalue weighted by molar-refractivity contribution is 7.80. The molecule has 0 aliphatic heterocycles. The Labute approximate surface area is 152 Å². The van der Waals surface area contributed by atoms with Crippen molar-refractivity contribution in [1.82, 2.24) is 4.98 Å². The summed E-state index contributed by atoms with van der Waals surface area (Å²) in [4.78, 5) is 17.2. The molecule has 1 aromatic heterocycles. The second kappa shape index (κ2) is 7.32. The molecule has 0 bridgehead atoms. The van der Waals surface area contributed by atoms with E-state index in [1.807, 2.05) is 73.7 Å². The molecule has 1 heterocycles. The van der Waals surface area contributed by atoms with Crippen LogP contribution in [-0.2, 0) is 0 Å². The van der Waals surface area contributed by atoms with E-state index in [1.54, 1.807) is 11.9 Å². The molecule has 0 radical (unpaired) electrons. The quantitative estimate of drug-likeness (QED) is 0.696. The van der Waals surface area contributed by atoms with E-state index in [2.05, 4.69) is 10.3 Å². The van der Waals surface area contributed by atoms with E-state index in [4.69, 9.17) is 12.2 Å². The van der Waals surface area contributed by atoms with Crippen LogP contribution in [0.1, 0.15) is 5.69 Å². The van der Waals surface area contributed by atoms with Gasteiger partial charge >= 0.3 is 0 Å². The van der Waals surface area contributed by atoms with Crippen molar-refractivity contribution >= 4 is 28.7 Å². The second-order valence-corrected chi connectivity index (χ2v) is 6.15. The monoisotopic (exact) mass is 349 g/mol. The van der Waals surface area contributed by atoms with Gasteiger partial charge < -0.3 is 15.2 Å². The number of anilines is 2. The van der Waals surface area contributed by atoms with E-state index in [0.717, 1.165) is 22.5 Å². The molecule has 0 amide bonds. The molecule has 0 aliphatic rings. The van der Waals surface area contributed by atoms with Crippen LogP contribution in [0.5, 0.6) is 0 Å². The number of aryl methyl sites for hydroxylation is 1. The van der Waals surface area contributed by atoms with Gasteiger partial charge in [0.2, 0.25) is 0 Å². The maximum absolute atomic E-state index is 12.6. The largest absolute Gasteiger partial charge is 0.332 e. The molecule has 0 aliphatic carbocycles. The Morgan fingerprint density at radius 1 is 1.04 bits per heavy atom. The van der Waals surface area contributed by atoms with E-state index >= 15 is 0 Å². The third-order valence-electron chi connectivity index (χ3n) is 3.89. The SMILES string of the molecule is Cc1cc(-c2ccccc2)c(N(C)C(=S)Nc2ccccc2)c(=O)[nH]1. The lowest BCUT2D eigenvalue weighted by Gasteiger charge is -2.23. The summed E-state index contributed by atoms with van der Waals surface area (Å²) in [6, 6.07) is 21.5. The first-order valence-corrected chi connectivity index (χ1v) is 8.36. The Morgan fingerprint density at radius 2 is 1.64 bits per heavy atom. The number of benzene rings is 2. The van der Waals surface area contributed by atoms with Crippen molar-refractivity contribution in [2.75, 3.05) is 17.3 Å². The minimum Gasteiger partial charge on any atom is -0.332 e. The average molecular weight is 349 g/mol. The first-order chi connectivity index (χ1) is 12.1. The van der Waals surface area contributed by atoms with Gasteiger partial charge in [0, 0.05) is 24.0 Å². The molecular formula is C20H19N3OS. The molecule has 5 heteroatoms. The molecule has 3 rings (SSSR count). The molecule has 0 atom stereocenters. The molecule has 3 aromatic rings. The topological polar surface area (TPSA) is 48.1 Å². The summed E-state index contributed by atoms with van der Waals surface area (Å²) in [5, 5.41) is 3.62. The summed E-state index contributed by atoms with van der Waals surface area (Å²) in [6.07, 6.45) is 0. The van der Waals surface area contributed by atoms with Gasteiger partial charge in [-0.2, -0.15) is 0 Å². The van der Waals surface area contributed by atoms with Crippen LogP contribution in [0.25, 0.3) is 11.1 Å². The van der Waals surface area contributed by atoms with Crippen molar-refractivity contribution in [3.05, 3.63) is 82.8 Å². The Hall–Kier alpha value is -2.92. The molecule has 0 saturated carbocycles. The number of nitrogens with one attached hydrogen (secondary N) is 2. The Balaban J connectivity index is 2.01. The average Bonchev–Trinajstić information content (AvgIpc) is 2.62. The van der Waals surface area contributed by atoms with Crippen LogP contribution in [0.15, 0.2) is 71.5 Å². The van der Waals surface area contributed by atoms with Crippen LogP contribution in [0.4, 0.5) is 11.4 Å². The molecular weight excluding hydrogens is 330 g/mol. The van der Waals surface area contributed by atoms with Crippen molar-refractivity contribution in [2.45, 2.75) is 6.92 Å². The zero-order valence-corrected chi connectivity index (χ0v) is 14.9. The van der Waals surface area contributed by atoms with Gasteiger partial charge in [-0.15, -0.1) is 0 Å². The predicted molar refractivity (Wildman–Crippen MR) is 108 cm³/mol. The van der Waals surface area contributed by atoms with E-state index < -0.39 is 0 Å². The number of hydrogen-bond donors (Lipinski definition) is 2. The van der Waals surface area contributed by atoms with Gasteiger partial charge in [-0.3, -0.25) is 4.79 Å². The molecule has 0 saturated heterocycles. The summed E-state index contributed by atoms with van der Waals surface area (Å²) in [7, 11) is 1.80. The highest BCUT2D eigenvalue weighted by Crippen LogP contribution is 2.28. The summed E-state index contributed by atoms with van der Waals surface area (Å²) >= 11 is 5.50. The highest BCUT2D eigenvalue weighted by atomic mass is 32.1. The maximum atomic E-state index is 12.6. The lowest BCUT2D eigenvalue weighted by atomic mass is 10.0. The lowest BCUT2D eigenvalue weighted by Crippen LogP contribution is -2.35. The van der Waals surface area contributed by atoms with Crippen molar-refractivity contribution in [3.8, 4) is 11.1 Å². The number of hydrogen-bond acceptors (Lipinski definition) is 2. The third kappa shape index (κ3) is 3.78. The summed E-state index contributed by atoms with van der Waals surface area (Å²) in [5.41, 5.74) is 3.86. The fourth-order valence-corrected chi connectivity index (χ4v) is 2.89. The third-order valence-corrected chi connectivity index (χ3v) is 4.27. The van der Waals surface area contributed by atoms with Crippen LogP contribution < -0.4 is 15.8 Å². The zero-order valence-electron chi connectivity index (χ0n) is 14.1. The normalized spacial score (nSPS) is 10.3. The molecule has 2 aromatic carbocycles. The molecule has 25 heavy (non-hydrogen) atoms. The number of pyridine rings is 1. The van der Waals surface area contributed by atoms with Crippen LogP contribution in [0.2, 0.25) is 0 Å². The summed E-state index contributed by atoms with van der Waals surface area (Å²) in [6.45, 7) is 1.87. The fraction of sp³-hybridized carbons (Fsp3) is 0.100. The predicted octanol–water partition coefficient (Wildman–Crippen LogP) is 4.18. The molecule has 2 N–H and O–H groups in total. The van der Waals surface area contributed by atoms with Gasteiger partial charge in [0.25, 0.3) is 5.56 Å². The maximum Gasteiger partial charge on any atom is 0.272 e. The summed E-state index contributed by atoms with van der Waals surface area (Å²) < 4.78 is 0. The zero-order chi connectivity index (χ0) is 17.8. The minimum absolute atomic E-state index is 0.168. The molecule has 0 unspecified atom stereocenters. The first-order valence-electron chi connectivity index (χ1n) is 7.95. The summed E-state index contributed by atoms with van der Waals surface area (Å²) in [5.74, 6) is 0. The molecule has 4 nitrogen and oxygen atoms in total. The Bertz CT molecular complexity index is 936. The minimum atomic E-state index is -0.168. The van der Waals surface area contributed by atoms with Crippen molar-refractivity contribution in [2.24, 2.45) is 0 Å². The Kier molecular flexibility index (Phi) is 4.95. The Morgan fingerprint density at radius 3 is 2.28 bits per heavy atom. The number of aromatic amines is 1. The first kappa shape index (κ1) is 16.9. The van der Waals surface area contributed by atoms with Crippen LogP contribution >= 0.6 is 12.2 Å². The van der Waals surface area contributed by atoms with Gasteiger partial charge in [0.1, 0.15) is 5.69 Å². The molecule has 126 valence electrons. The van der Waals surface area contributed by atoms with E-state index in [9.17, 15) is 4.79 Å². The van der Waals surface area contributed by atoms with Gasteiger partial charge in [-0.1, -0.05) is 48.5 Å². The van der Waals surface area contributed by atoms with Crippen molar-refractivity contribution < 1.29 is 0 Å². The van der Waals surface area contributed by atoms with Crippen molar-refractivity contribution in [1.29, 1.82) is 0 Å². The number of aromatic nitrogens is 1. The smallest absolute Gasteiger partial charge is 0.272 e. The lowest BCUT2D eigenvalue weighted by molar-refractivity contribution is 1.11. The number of H-pyrrole nitrogens is 1. The number of rotatable bonds is 3. The van der Waals surface area contributed by atoms with Crippen LogP contribution in [0, 0.1) is 6.92 Å². The second-order valence-electron chi connectivity index (χ2n) is 5.76. The van der Waals surface area contributed by atoms with E-state index in [0.29, 0.717) is 10.8 Å². The van der Waals surface area contributed by atoms with Gasteiger partial charge in [-0.25, -0.2) is 0 Å². The van der Waals surface area contributed by atoms with Crippen LogP contribution in [0.3, 0.4) is 0 Å². The molecule has 0 spiro atoms. The van der Waals surface area contributed by atoms with E-state index in [-0.39, 0.29) is 5.56 Å². The number of para-hydroxylation sites is 1. The molecule has 0 fully saturated rings. The van der Waals surface area contributed by atoms with Gasteiger partial charge in [0.05, 0.1) is 0 Å². The van der Waals surface area contributed by atoms with Crippen molar-refractivity contribution in [3.63, 3.8) is 0 Å². The van der Waals surface area contributed by atoms with Gasteiger partial charge in [0.15, 0.2) is 5.11 Å². The highest BCUT2D eigenvalue weighted by Gasteiger charge is 2.17. The standard InChI is InChI=1S/C20H19N3OS/c1-14-13-17(15-9-5-3-6-10-15)18(19(24)21-14)23(2)20(25)22-16-11-7-4-8-12-16/h3-13H,1-2H3,(H,21,24)(H,22,25). The van der Waals surface area contributed by atoms with E-state index in [1.165, 1.54) is 0 Å².